The molecule has 0 saturated carbocycles. The number of anilines is 1. The fourth-order valence-electron chi connectivity index (χ4n) is 1.90. The summed E-state index contributed by atoms with van der Waals surface area (Å²) in [6.07, 6.45) is 6.89. The second kappa shape index (κ2) is 7.36. The minimum atomic E-state index is -0.346. The number of allylic oxidation sites excluding steroid dienone is 3. The summed E-state index contributed by atoms with van der Waals surface area (Å²) in [6.45, 7) is 0. The van der Waals surface area contributed by atoms with Crippen LogP contribution in [0, 0.1) is 5.82 Å². The number of carbonyl (C=O) groups excluding carboxylic acids is 1. The summed E-state index contributed by atoms with van der Waals surface area (Å²) in [5, 5.41) is 0. The number of carbonyl (C=O) groups is 1. The van der Waals surface area contributed by atoms with Gasteiger partial charge in [0, 0.05) is 25.3 Å². The lowest BCUT2D eigenvalue weighted by Gasteiger charge is -2.11. The Kier molecular flexibility index (Phi) is 5.26. The summed E-state index contributed by atoms with van der Waals surface area (Å²) in [4.78, 5) is 13.9. The molecule has 0 aliphatic carbocycles. The van der Waals surface area contributed by atoms with Crippen LogP contribution < -0.4 is 4.90 Å². The second-order valence-corrected chi connectivity index (χ2v) is 5.08. The molecule has 0 spiro atoms. The number of ketones is 1. The van der Waals surface area contributed by atoms with E-state index in [0.717, 1.165) is 11.3 Å². The first-order valence-electron chi connectivity index (χ1n) is 6.98. The third kappa shape index (κ3) is 4.42. The van der Waals surface area contributed by atoms with Crippen molar-refractivity contribution >= 4 is 17.5 Å². The van der Waals surface area contributed by atoms with Crippen molar-refractivity contribution in [2.45, 2.75) is 0 Å². The Morgan fingerprint density at radius 3 is 2.18 bits per heavy atom. The van der Waals surface area contributed by atoms with Gasteiger partial charge in [0.1, 0.15) is 5.82 Å². The van der Waals surface area contributed by atoms with Crippen molar-refractivity contribution in [1.29, 1.82) is 0 Å². The summed E-state index contributed by atoms with van der Waals surface area (Å²) in [5.74, 6) is -0.491. The van der Waals surface area contributed by atoms with E-state index < -0.39 is 0 Å². The van der Waals surface area contributed by atoms with Crippen molar-refractivity contribution in [2.24, 2.45) is 0 Å². The van der Waals surface area contributed by atoms with E-state index in [2.05, 4.69) is 0 Å². The molecule has 0 bridgehead atoms. The van der Waals surface area contributed by atoms with Gasteiger partial charge >= 0.3 is 0 Å². The van der Waals surface area contributed by atoms with Gasteiger partial charge in [0.25, 0.3) is 0 Å². The van der Waals surface area contributed by atoms with Gasteiger partial charge in [-0.3, -0.25) is 4.79 Å². The normalized spacial score (nSPS) is 11.2. The van der Waals surface area contributed by atoms with Crippen LogP contribution >= 0.6 is 0 Å². The van der Waals surface area contributed by atoms with Gasteiger partial charge in [-0.25, -0.2) is 4.39 Å². The van der Waals surface area contributed by atoms with Gasteiger partial charge in [0.05, 0.1) is 0 Å². The number of hydrogen-bond acceptors (Lipinski definition) is 2. The van der Waals surface area contributed by atoms with Gasteiger partial charge in [-0.15, -0.1) is 0 Å². The van der Waals surface area contributed by atoms with Gasteiger partial charge in [-0.2, -0.15) is 0 Å². The summed E-state index contributed by atoms with van der Waals surface area (Å²) >= 11 is 0. The van der Waals surface area contributed by atoms with Gasteiger partial charge in [0.15, 0.2) is 5.78 Å². The molecule has 0 heterocycles. The van der Waals surface area contributed by atoms with Crippen molar-refractivity contribution in [2.75, 3.05) is 19.0 Å². The highest BCUT2D eigenvalue weighted by atomic mass is 19.1. The van der Waals surface area contributed by atoms with E-state index in [1.54, 1.807) is 6.08 Å². The quantitative estimate of drug-likeness (QED) is 0.464. The summed E-state index contributed by atoms with van der Waals surface area (Å²) < 4.78 is 12.8. The van der Waals surface area contributed by atoms with Gasteiger partial charge in [0.2, 0.25) is 0 Å². The first-order valence-corrected chi connectivity index (χ1v) is 6.98. The molecule has 0 amide bonds. The first kappa shape index (κ1) is 15.7. The number of hydrogen-bond donors (Lipinski definition) is 0. The number of nitrogens with zero attached hydrogens (tertiary/aromatic N) is 1. The molecular weight excluding hydrogens is 277 g/mol. The standard InChI is InChI=1S/C19H18FNO/c1-21(2)18-13-7-15(8-14-18)5-3-4-6-19(22)16-9-11-17(20)12-10-16/h3-14H,1-2H3/b5-3+,6-4+. The lowest BCUT2D eigenvalue weighted by molar-refractivity contribution is 0.104. The van der Waals surface area contributed by atoms with Gasteiger partial charge in [-0.05, 0) is 48.0 Å². The molecule has 2 aromatic carbocycles. The molecule has 112 valence electrons. The second-order valence-electron chi connectivity index (χ2n) is 5.08. The Bertz CT molecular complexity index is 682. The lowest BCUT2D eigenvalue weighted by atomic mass is 10.1. The smallest absolute Gasteiger partial charge is 0.185 e. The third-order valence-corrected chi connectivity index (χ3v) is 3.19. The molecule has 0 unspecified atom stereocenters. The van der Waals surface area contributed by atoms with E-state index in [9.17, 15) is 9.18 Å². The highest BCUT2D eigenvalue weighted by molar-refractivity contribution is 6.04. The molecule has 0 fully saturated rings. The van der Waals surface area contributed by atoms with Crippen LogP contribution in [0.1, 0.15) is 15.9 Å². The van der Waals surface area contributed by atoms with Crippen LogP contribution in [-0.4, -0.2) is 19.9 Å². The average Bonchev–Trinajstić information content (AvgIpc) is 2.52. The van der Waals surface area contributed by atoms with Gasteiger partial charge in [-0.1, -0.05) is 30.4 Å². The summed E-state index contributed by atoms with van der Waals surface area (Å²) in [5.41, 5.74) is 2.67. The van der Waals surface area contributed by atoms with Crippen LogP contribution in [0.5, 0.6) is 0 Å². The van der Waals surface area contributed by atoms with Crippen molar-refractivity contribution in [3.63, 3.8) is 0 Å². The molecule has 2 nitrogen and oxygen atoms in total. The molecule has 0 N–H and O–H groups in total. The third-order valence-electron chi connectivity index (χ3n) is 3.19. The SMILES string of the molecule is CN(C)c1ccc(/C=C/C=C/C(=O)c2ccc(F)cc2)cc1. The monoisotopic (exact) mass is 295 g/mol. The fraction of sp³-hybridized carbons (Fsp3) is 0.105. The zero-order valence-electron chi connectivity index (χ0n) is 12.7. The van der Waals surface area contributed by atoms with E-state index in [4.69, 9.17) is 0 Å². The van der Waals surface area contributed by atoms with Crippen LogP contribution in [0.25, 0.3) is 6.08 Å². The van der Waals surface area contributed by atoms with Crippen molar-refractivity contribution in [3.05, 3.63) is 83.7 Å². The van der Waals surface area contributed by atoms with E-state index in [-0.39, 0.29) is 11.6 Å². The lowest BCUT2D eigenvalue weighted by Crippen LogP contribution is -2.07. The Morgan fingerprint density at radius 1 is 0.955 bits per heavy atom. The van der Waals surface area contributed by atoms with Crippen molar-refractivity contribution in [3.8, 4) is 0 Å². The van der Waals surface area contributed by atoms with Crippen LogP contribution in [0.15, 0.2) is 66.8 Å². The maximum Gasteiger partial charge on any atom is 0.185 e. The number of rotatable bonds is 5. The van der Waals surface area contributed by atoms with Gasteiger partial charge < -0.3 is 4.90 Å². The zero-order chi connectivity index (χ0) is 15.9. The van der Waals surface area contributed by atoms with E-state index in [1.165, 1.54) is 30.3 Å². The average molecular weight is 295 g/mol. The molecule has 2 aromatic rings. The maximum atomic E-state index is 12.8. The molecule has 0 aliphatic heterocycles. The Balaban J connectivity index is 1.96. The minimum Gasteiger partial charge on any atom is -0.378 e. The molecule has 3 heteroatoms. The molecule has 2 rings (SSSR count). The number of benzene rings is 2. The Hall–Kier alpha value is -2.68. The molecule has 0 atom stereocenters. The first-order chi connectivity index (χ1) is 10.6. The highest BCUT2D eigenvalue weighted by Crippen LogP contribution is 2.13. The predicted molar refractivity (Wildman–Crippen MR) is 89.7 cm³/mol. The highest BCUT2D eigenvalue weighted by Gasteiger charge is 2.00. The zero-order valence-corrected chi connectivity index (χ0v) is 12.7. The van der Waals surface area contributed by atoms with Crippen molar-refractivity contribution < 1.29 is 9.18 Å². The molecule has 0 saturated heterocycles. The summed E-state index contributed by atoms with van der Waals surface area (Å²) in [6, 6.07) is 13.6. The van der Waals surface area contributed by atoms with Crippen LogP contribution in [0.4, 0.5) is 10.1 Å². The molecule has 0 aliphatic rings. The molecule has 0 radical (unpaired) electrons. The fourth-order valence-corrected chi connectivity index (χ4v) is 1.90. The summed E-state index contributed by atoms with van der Waals surface area (Å²) in [7, 11) is 3.99. The molecule has 22 heavy (non-hydrogen) atoms. The van der Waals surface area contributed by atoms with Crippen LogP contribution in [0.3, 0.4) is 0 Å². The van der Waals surface area contributed by atoms with E-state index in [0.29, 0.717) is 5.56 Å². The molecular formula is C19H18FNO. The largest absolute Gasteiger partial charge is 0.378 e. The van der Waals surface area contributed by atoms with Crippen LogP contribution in [0.2, 0.25) is 0 Å². The number of halogens is 1. The Labute approximate surface area is 130 Å². The predicted octanol–water partition coefficient (Wildman–Crippen LogP) is 4.34. The Morgan fingerprint density at radius 2 is 1.59 bits per heavy atom. The van der Waals surface area contributed by atoms with Crippen LogP contribution in [-0.2, 0) is 0 Å². The minimum absolute atomic E-state index is 0.146. The van der Waals surface area contributed by atoms with E-state index in [1.807, 2.05) is 55.4 Å². The van der Waals surface area contributed by atoms with Crippen molar-refractivity contribution in [1.82, 2.24) is 0 Å². The topological polar surface area (TPSA) is 20.3 Å². The molecule has 0 aromatic heterocycles. The maximum absolute atomic E-state index is 12.8. The van der Waals surface area contributed by atoms with E-state index >= 15 is 0 Å².